The summed E-state index contributed by atoms with van der Waals surface area (Å²) in [5.74, 6) is 1.58. The smallest absolute Gasteiger partial charge is 0.191 e. The zero-order valence-corrected chi connectivity index (χ0v) is 8.79. The van der Waals surface area contributed by atoms with Crippen LogP contribution in [-0.4, -0.2) is 30.5 Å². The van der Waals surface area contributed by atoms with Gasteiger partial charge in [0.05, 0.1) is 0 Å². The average Bonchev–Trinajstić information content (AvgIpc) is 2.62. The van der Waals surface area contributed by atoms with Gasteiger partial charge in [-0.15, -0.1) is 0 Å². The molecule has 0 amide bonds. The Kier molecular flexibility index (Phi) is 4.06. The first-order chi connectivity index (χ1) is 6.27. The van der Waals surface area contributed by atoms with E-state index in [4.69, 9.17) is 5.73 Å². The molecule has 0 bridgehead atoms. The summed E-state index contributed by atoms with van der Waals surface area (Å²) in [5.41, 5.74) is 5.86. The Hall–Kier alpha value is -0.730. The standard InChI is InChI=1S/C10H21N3/c1-3-6-12-10(11)13-7-5-9(4-2)8-13/h9H,3-8H2,1-2H3,(H2,11,12). The molecular weight excluding hydrogens is 162 g/mol. The van der Waals surface area contributed by atoms with Crippen LogP contribution in [0.4, 0.5) is 0 Å². The average molecular weight is 183 g/mol. The first kappa shape index (κ1) is 10.4. The van der Waals surface area contributed by atoms with Crippen molar-refractivity contribution in [3.05, 3.63) is 0 Å². The Balaban J connectivity index is 2.36. The van der Waals surface area contributed by atoms with Gasteiger partial charge in [-0.1, -0.05) is 20.3 Å². The number of guanidine groups is 1. The zero-order valence-electron chi connectivity index (χ0n) is 8.79. The van der Waals surface area contributed by atoms with Gasteiger partial charge in [0.25, 0.3) is 0 Å². The number of likely N-dealkylation sites (tertiary alicyclic amines) is 1. The summed E-state index contributed by atoms with van der Waals surface area (Å²) in [4.78, 5) is 6.53. The van der Waals surface area contributed by atoms with Crippen LogP contribution in [0.5, 0.6) is 0 Å². The van der Waals surface area contributed by atoms with Crippen molar-refractivity contribution in [2.75, 3.05) is 19.6 Å². The Bertz CT molecular complexity index is 177. The summed E-state index contributed by atoms with van der Waals surface area (Å²) in [6, 6.07) is 0. The van der Waals surface area contributed by atoms with E-state index in [0.29, 0.717) is 0 Å². The van der Waals surface area contributed by atoms with E-state index < -0.39 is 0 Å². The van der Waals surface area contributed by atoms with Gasteiger partial charge in [-0.05, 0) is 18.8 Å². The molecule has 0 aromatic carbocycles. The number of hydrogen-bond acceptors (Lipinski definition) is 1. The molecule has 0 aromatic rings. The van der Waals surface area contributed by atoms with Gasteiger partial charge in [-0.3, -0.25) is 4.99 Å². The van der Waals surface area contributed by atoms with Gasteiger partial charge >= 0.3 is 0 Å². The molecule has 0 spiro atoms. The van der Waals surface area contributed by atoms with Gasteiger partial charge in [0, 0.05) is 19.6 Å². The Morgan fingerprint density at radius 1 is 1.54 bits per heavy atom. The third kappa shape index (κ3) is 2.90. The van der Waals surface area contributed by atoms with Crippen molar-refractivity contribution in [3.63, 3.8) is 0 Å². The SMILES string of the molecule is CCCN=C(N)N1CCC(CC)C1. The molecular formula is C10H21N3. The summed E-state index contributed by atoms with van der Waals surface area (Å²) in [7, 11) is 0. The third-order valence-corrected chi connectivity index (χ3v) is 2.68. The zero-order chi connectivity index (χ0) is 9.68. The van der Waals surface area contributed by atoms with Gasteiger partial charge < -0.3 is 10.6 Å². The molecule has 0 aromatic heterocycles. The molecule has 1 aliphatic heterocycles. The number of nitrogens with zero attached hydrogens (tertiary/aromatic N) is 2. The van der Waals surface area contributed by atoms with Crippen molar-refractivity contribution in [2.45, 2.75) is 33.1 Å². The molecule has 0 aliphatic carbocycles. The monoisotopic (exact) mass is 183 g/mol. The number of aliphatic imine (C=N–C) groups is 1. The molecule has 0 radical (unpaired) electrons. The largest absolute Gasteiger partial charge is 0.370 e. The van der Waals surface area contributed by atoms with Crippen LogP contribution in [-0.2, 0) is 0 Å². The number of rotatable bonds is 3. The van der Waals surface area contributed by atoms with Crippen LogP contribution in [0.2, 0.25) is 0 Å². The van der Waals surface area contributed by atoms with Crippen LogP contribution >= 0.6 is 0 Å². The van der Waals surface area contributed by atoms with E-state index >= 15 is 0 Å². The summed E-state index contributed by atoms with van der Waals surface area (Å²) < 4.78 is 0. The molecule has 3 heteroatoms. The predicted octanol–water partition coefficient (Wildman–Crippen LogP) is 1.44. The second-order valence-electron chi connectivity index (χ2n) is 3.75. The molecule has 1 atom stereocenters. The molecule has 13 heavy (non-hydrogen) atoms. The van der Waals surface area contributed by atoms with Crippen LogP contribution in [0.15, 0.2) is 4.99 Å². The first-order valence-electron chi connectivity index (χ1n) is 5.32. The summed E-state index contributed by atoms with van der Waals surface area (Å²) >= 11 is 0. The summed E-state index contributed by atoms with van der Waals surface area (Å²) in [6.07, 6.45) is 3.61. The van der Waals surface area contributed by atoms with Gasteiger partial charge in [-0.2, -0.15) is 0 Å². The van der Waals surface area contributed by atoms with Crippen molar-refractivity contribution in [1.29, 1.82) is 0 Å². The van der Waals surface area contributed by atoms with Crippen molar-refractivity contribution in [1.82, 2.24) is 4.90 Å². The highest BCUT2D eigenvalue weighted by Crippen LogP contribution is 2.18. The molecule has 1 fully saturated rings. The fourth-order valence-electron chi connectivity index (χ4n) is 1.70. The van der Waals surface area contributed by atoms with E-state index in [2.05, 4.69) is 23.7 Å². The minimum atomic E-state index is 0.748. The minimum Gasteiger partial charge on any atom is -0.370 e. The second kappa shape index (κ2) is 5.10. The van der Waals surface area contributed by atoms with Crippen LogP contribution in [0.3, 0.4) is 0 Å². The Labute approximate surface area is 81.0 Å². The minimum absolute atomic E-state index is 0.748. The number of nitrogens with two attached hydrogens (primary N) is 1. The Morgan fingerprint density at radius 2 is 2.31 bits per heavy atom. The van der Waals surface area contributed by atoms with Crippen LogP contribution in [0, 0.1) is 5.92 Å². The predicted molar refractivity (Wildman–Crippen MR) is 56.8 cm³/mol. The summed E-state index contributed by atoms with van der Waals surface area (Å²) in [6.45, 7) is 7.43. The lowest BCUT2D eigenvalue weighted by Crippen LogP contribution is -2.35. The van der Waals surface area contributed by atoms with Gasteiger partial charge in [0.1, 0.15) is 0 Å². The van der Waals surface area contributed by atoms with E-state index in [-0.39, 0.29) is 0 Å². The topological polar surface area (TPSA) is 41.6 Å². The lowest BCUT2D eigenvalue weighted by atomic mass is 10.1. The molecule has 76 valence electrons. The Morgan fingerprint density at radius 3 is 2.85 bits per heavy atom. The van der Waals surface area contributed by atoms with Crippen molar-refractivity contribution in [2.24, 2.45) is 16.6 Å². The fraction of sp³-hybridized carbons (Fsp3) is 0.900. The lowest BCUT2D eigenvalue weighted by molar-refractivity contribution is 0.466. The molecule has 1 heterocycles. The van der Waals surface area contributed by atoms with Gasteiger partial charge in [0.15, 0.2) is 5.96 Å². The van der Waals surface area contributed by atoms with Crippen molar-refractivity contribution in [3.8, 4) is 0 Å². The fourth-order valence-corrected chi connectivity index (χ4v) is 1.70. The van der Waals surface area contributed by atoms with E-state index in [1.807, 2.05) is 0 Å². The maximum atomic E-state index is 5.86. The van der Waals surface area contributed by atoms with Gasteiger partial charge in [-0.25, -0.2) is 0 Å². The van der Waals surface area contributed by atoms with E-state index in [9.17, 15) is 0 Å². The summed E-state index contributed by atoms with van der Waals surface area (Å²) in [5, 5.41) is 0. The number of hydrogen-bond donors (Lipinski definition) is 1. The molecule has 2 N–H and O–H groups in total. The quantitative estimate of drug-likeness (QED) is 0.531. The lowest BCUT2D eigenvalue weighted by Gasteiger charge is -2.16. The van der Waals surface area contributed by atoms with Crippen molar-refractivity contribution >= 4 is 5.96 Å². The maximum Gasteiger partial charge on any atom is 0.191 e. The molecule has 1 aliphatic rings. The highest BCUT2D eigenvalue weighted by atomic mass is 15.3. The molecule has 3 nitrogen and oxygen atoms in total. The third-order valence-electron chi connectivity index (χ3n) is 2.68. The molecule has 1 rings (SSSR count). The van der Waals surface area contributed by atoms with E-state index in [1.54, 1.807) is 0 Å². The normalized spacial score (nSPS) is 24.0. The molecule has 1 saturated heterocycles. The molecule has 1 unspecified atom stereocenters. The van der Waals surface area contributed by atoms with E-state index in [0.717, 1.165) is 37.9 Å². The maximum absolute atomic E-state index is 5.86. The second-order valence-corrected chi connectivity index (χ2v) is 3.75. The van der Waals surface area contributed by atoms with Crippen LogP contribution < -0.4 is 5.73 Å². The van der Waals surface area contributed by atoms with Gasteiger partial charge in [0.2, 0.25) is 0 Å². The van der Waals surface area contributed by atoms with Crippen molar-refractivity contribution < 1.29 is 0 Å². The highest BCUT2D eigenvalue weighted by Gasteiger charge is 2.21. The van der Waals surface area contributed by atoms with Crippen LogP contribution in [0.25, 0.3) is 0 Å². The first-order valence-corrected chi connectivity index (χ1v) is 5.32. The molecule has 0 saturated carbocycles. The van der Waals surface area contributed by atoms with Crippen LogP contribution in [0.1, 0.15) is 33.1 Å². The highest BCUT2D eigenvalue weighted by molar-refractivity contribution is 5.78. The van der Waals surface area contributed by atoms with E-state index in [1.165, 1.54) is 12.8 Å².